The zero-order chi connectivity index (χ0) is 11.1. The van der Waals surface area contributed by atoms with E-state index in [1.165, 1.54) is 13.5 Å². The molecule has 0 aromatic rings. The van der Waals surface area contributed by atoms with Crippen LogP contribution in [0.3, 0.4) is 0 Å². The molecule has 0 aromatic carbocycles. The Hall–Kier alpha value is -0.610. The molecule has 0 saturated heterocycles. The van der Waals surface area contributed by atoms with E-state index in [9.17, 15) is 9.90 Å². The first-order valence-electron chi connectivity index (χ1n) is 5.65. The normalized spacial score (nSPS) is 19.9. The Labute approximate surface area is 91.0 Å². The first kappa shape index (κ1) is 12.5. The van der Waals surface area contributed by atoms with Crippen molar-refractivity contribution < 1.29 is 14.6 Å². The Kier molecular flexibility index (Phi) is 5.05. The quantitative estimate of drug-likeness (QED) is 0.667. The fourth-order valence-corrected chi connectivity index (χ4v) is 2.15. The predicted molar refractivity (Wildman–Crippen MR) is 57.5 cm³/mol. The van der Waals surface area contributed by atoms with Gasteiger partial charge in [0.05, 0.1) is 20.1 Å². The zero-order valence-electron chi connectivity index (χ0n) is 9.42. The number of aliphatic hydroxyl groups is 1. The molecule has 0 amide bonds. The lowest BCUT2D eigenvalue weighted by molar-refractivity contribution is -0.140. The lowest BCUT2D eigenvalue weighted by Crippen LogP contribution is -2.50. The number of rotatable bonds is 5. The summed E-state index contributed by atoms with van der Waals surface area (Å²) in [6, 6.07) is 0. The van der Waals surface area contributed by atoms with Gasteiger partial charge in [-0.05, 0) is 12.8 Å². The summed E-state index contributed by atoms with van der Waals surface area (Å²) in [6.45, 7) is 0.751. The molecule has 0 atom stereocenters. The highest BCUT2D eigenvalue weighted by Gasteiger charge is 2.30. The molecule has 15 heavy (non-hydrogen) atoms. The third-order valence-electron chi connectivity index (χ3n) is 3.17. The Morgan fingerprint density at radius 2 is 2.07 bits per heavy atom. The Morgan fingerprint density at radius 1 is 1.40 bits per heavy atom. The Balaban J connectivity index is 2.29. The Morgan fingerprint density at radius 3 is 2.60 bits per heavy atom. The van der Waals surface area contributed by atoms with Crippen LogP contribution >= 0.6 is 0 Å². The topological polar surface area (TPSA) is 58.6 Å². The van der Waals surface area contributed by atoms with Crippen LogP contribution in [0.15, 0.2) is 0 Å². The van der Waals surface area contributed by atoms with Crippen molar-refractivity contribution in [1.82, 2.24) is 5.32 Å². The van der Waals surface area contributed by atoms with Gasteiger partial charge in [0.1, 0.15) is 0 Å². The summed E-state index contributed by atoms with van der Waals surface area (Å²) in [7, 11) is 1.39. The van der Waals surface area contributed by atoms with Crippen LogP contribution in [-0.2, 0) is 9.53 Å². The van der Waals surface area contributed by atoms with Gasteiger partial charge in [-0.25, -0.2) is 0 Å². The molecule has 88 valence electrons. The Bertz CT molecular complexity index is 200. The van der Waals surface area contributed by atoms with Gasteiger partial charge in [-0.3, -0.25) is 4.79 Å². The summed E-state index contributed by atoms with van der Waals surface area (Å²) >= 11 is 0. The van der Waals surface area contributed by atoms with E-state index in [0.29, 0.717) is 13.0 Å². The molecule has 2 N–H and O–H groups in total. The van der Waals surface area contributed by atoms with Gasteiger partial charge >= 0.3 is 5.97 Å². The van der Waals surface area contributed by atoms with E-state index in [1.54, 1.807) is 0 Å². The number of methoxy groups -OCH3 is 1. The highest BCUT2D eigenvalue weighted by atomic mass is 16.5. The van der Waals surface area contributed by atoms with Crippen LogP contribution < -0.4 is 5.32 Å². The van der Waals surface area contributed by atoms with E-state index < -0.39 is 0 Å². The monoisotopic (exact) mass is 215 g/mol. The molecular weight excluding hydrogens is 194 g/mol. The molecule has 0 spiro atoms. The summed E-state index contributed by atoms with van der Waals surface area (Å²) in [5.74, 6) is -0.202. The largest absolute Gasteiger partial charge is 0.469 e. The zero-order valence-corrected chi connectivity index (χ0v) is 9.42. The standard InChI is InChI=1S/C11H21NO3/c1-15-10(14)5-8-12-11(9-13)6-3-2-4-7-11/h12-13H,2-9H2,1H3. The average molecular weight is 215 g/mol. The molecule has 0 heterocycles. The minimum absolute atomic E-state index is 0.147. The molecule has 0 aromatic heterocycles. The third kappa shape index (κ3) is 3.80. The molecule has 4 heteroatoms. The SMILES string of the molecule is COC(=O)CCNC1(CO)CCCCC1. The molecule has 0 bridgehead atoms. The van der Waals surface area contributed by atoms with E-state index in [4.69, 9.17) is 0 Å². The second kappa shape index (κ2) is 6.08. The van der Waals surface area contributed by atoms with Gasteiger partial charge < -0.3 is 15.2 Å². The van der Waals surface area contributed by atoms with Crippen molar-refractivity contribution >= 4 is 5.97 Å². The third-order valence-corrected chi connectivity index (χ3v) is 3.17. The van der Waals surface area contributed by atoms with Crippen molar-refractivity contribution in [2.75, 3.05) is 20.3 Å². The van der Waals surface area contributed by atoms with E-state index in [2.05, 4.69) is 10.1 Å². The smallest absolute Gasteiger partial charge is 0.306 e. The van der Waals surface area contributed by atoms with E-state index in [-0.39, 0.29) is 18.1 Å². The predicted octanol–water partition coefficient (Wildman–Crippen LogP) is 0.834. The molecule has 1 saturated carbocycles. The number of carbonyl (C=O) groups is 1. The molecule has 1 rings (SSSR count). The second-order valence-electron chi connectivity index (χ2n) is 4.25. The summed E-state index contributed by atoms with van der Waals surface area (Å²) < 4.78 is 4.56. The highest BCUT2D eigenvalue weighted by molar-refractivity contribution is 5.69. The number of carbonyl (C=O) groups excluding carboxylic acids is 1. The number of hydrogen-bond acceptors (Lipinski definition) is 4. The molecule has 0 aliphatic heterocycles. The van der Waals surface area contributed by atoms with Crippen molar-refractivity contribution in [3.05, 3.63) is 0 Å². The lowest BCUT2D eigenvalue weighted by atomic mass is 9.82. The van der Waals surface area contributed by atoms with Crippen molar-refractivity contribution in [2.24, 2.45) is 0 Å². The number of aliphatic hydroxyl groups excluding tert-OH is 1. The summed E-state index contributed by atoms with van der Waals surface area (Å²) in [6.07, 6.45) is 5.95. The number of nitrogens with one attached hydrogen (secondary N) is 1. The minimum Gasteiger partial charge on any atom is -0.469 e. The van der Waals surface area contributed by atoms with E-state index in [1.807, 2.05) is 0 Å². The van der Waals surface area contributed by atoms with Crippen LogP contribution in [-0.4, -0.2) is 36.9 Å². The molecule has 1 aliphatic carbocycles. The van der Waals surface area contributed by atoms with Crippen molar-refractivity contribution in [3.63, 3.8) is 0 Å². The van der Waals surface area contributed by atoms with Gasteiger partial charge in [0, 0.05) is 12.1 Å². The van der Waals surface area contributed by atoms with Crippen LogP contribution in [0.2, 0.25) is 0 Å². The maximum Gasteiger partial charge on any atom is 0.306 e. The van der Waals surface area contributed by atoms with Crippen molar-refractivity contribution in [2.45, 2.75) is 44.1 Å². The molecule has 1 fully saturated rings. The maximum absolute atomic E-state index is 10.9. The summed E-state index contributed by atoms with van der Waals surface area (Å²) in [4.78, 5) is 10.9. The van der Waals surface area contributed by atoms with Gasteiger partial charge in [-0.15, -0.1) is 0 Å². The van der Waals surface area contributed by atoms with Crippen LogP contribution in [0.4, 0.5) is 0 Å². The number of ether oxygens (including phenoxy) is 1. The van der Waals surface area contributed by atoms with Crippen LogP contribution in [0.1, 0.15) is 38.5 Å². The van der Waals surface area contributed by atoms with Gasteiger partial charge in [0.25, 0.3) is 0 Å². The van der Waals surface area contributed by atoms with Gasteiger partial charge in [-0.2, -0.15) is 0 Å². The lowest BCUT2D eigenvalue weighted by Gasteiger charge is -2.36. The summed E-state index contributed by atoms with van der Waals surface area (Å²) in [5.41, 5.74) is -0.147. The average Bonchev–Trinajstić information content (AvgIpc) is 2.30. The molecule has 0 radical (unpaired) electrons. The fraction of sp³-hybridized carbons (Fsp3) is 0.909. The molecular formula is C11H21NO3. The molecule has 4 nitrogen and oxygen atoms in total. The molecule has 1 aliphatic rings. The van der Waals surface area contributed by atoms with Gasteiger partial charge in [-0.1, -0.05) is 19.3 Å². The highest BCUT2D eigenvalue weighted by Crippen LogP contribution is 2.27. The van der Waals surface area contributed by atoms with Crippen LogP contribution in [0, 0.1) is 0 Å². The fourth-order valence-electron chi connectivity index (χ4n) is 2.15. The number of esters is 1. The minimum atomic E-state index is -0.202. The van der Waals surface area contributed by atoms with Gasteiger partial charge in [0.15, 0.2) is 0 Å². The number of hydrogen-bond donors (Lipinski definition) is 2. The van der Waals surface area contributed by atoms with Gasteiger partial charge in [0.2, 0.25) is 0 Å². The van der Waals surface area contributed by atoms with E-state index >= 15 is 0 Å². The molecule has 0 unspecified atom stereocenters. The van der Waals surface area contributed by atoms with E-state index in [0.717, 1.165) is 25.7 Å². The summed E-state index contributed by atoms with van der Waals surface area (Å²) in [5, 5.41) is 12.7. The van der Waals surface area contributed by atoms with Crippen LogP contribution in [0.5, 0.6) is 0 Å². The second-order valence-corrected chi connectivity index (χ2v) is 4.25. The van der Waals surface area contributed by atoms with Crippen molar-refractivity contribution in [3.8, 4) is 0 Å². The first-order valence-corrected chi connectivity index (χ1v) is 5.65. The first-order chi connectivity index (χ1) is 7.22. The van der Waals surface area contributed by atoms with Crippen molar-refractivity contribution in [1.29, 1.82) is 0 Å². The van der Waals surface area contributed by atoms with Crippen LogP contribution in [0.25, 0.3) is 0 Å². The maximum atomic E-state index is 10.9.